The Balaban J connectivity index is -0.0000000430. The second-order valence-corrected chi connectivity index (χ2v) is 12.5. The van der Waals surface area contributed by atoms with Crippen molar-refractivity contribution in [3.8, 4) is 0 Å². The van der Waals surface area contributed by atoms with Crippen LogP contribution in [0.4, 0.5) is 0 Å². The van der Waals surface area contributed by atoms with Crippen LogP contribution in [0.15, 0.2) is 0 Å². The average molecular weight is 433 g/mol. The number of rotatable bonds is 8. The molecule has 8 heteroatoms. The van der Waals surface area contributed by atoms with Crippen LogP contribution in [0.3, 0.4) is 0 Å². The summed E-state index contributed by atoms with van der Waals surface area (Å²) in [6, 6.07) is 0. The molecule has 0 aliphatic heterocycles. The molecule has 0 spiro atoms. The summed E-state index contributed by atoms with van der Waals surface area (Å²) in [5, 5.41) is 3.35. The van der Waals surface area contributed by atoms with Crippen molar-refractivity contribution in [2.45, 2.75) is 27.7 Å². The minimum absolute atomic E-state index is 0. The molecule has 1 unspecified atom stereocenters. The fourth-order valence-corrected chi connectivity index (χ4v) is 5.24. The molecule has 0 aliphatic rings. The van der Waals surface area contributed by atoms with E-state index in [9.17, 15) is 4.21 Å². The Morgan fingerprint density at radius 3 is 1.55 bits per heavy atom. The van der Waals surface area contributed by atoms with Gasteiger partial charge in [0.1, 0.15) is 0 Å². The zero-order chi connectivity index (χ0) is 17.5. The first-order valence-corrected chi connectivity index (χ1v) is 16.0. The molecule has 0 fully saturated rings. The largest absolute Gasteiger partial charge is 1.00 e. The quantitative estimate of drug-likeness (QED) is 0.318. The first-order chi connectivity index (χ1) is 9.95. The Labute approximate surface area is 164 Å². The lowest BCUT2D eigenvalue weighted by Gasteiger charge is -1.90. The van der Waals surface area contributed by atoms with Gasteiger partial charge in [0.2, 0.25) is 0 Å². The van der Waals surface area contributed by atoms with Crippen molar-refractivity contribution in [2.75, 3.05) is 58.0 Å². The molecular formula is C14H40O2S6+2. The molecule has 0 rings (SSSR count). The van der Waals surface area contributed by atoms with Gasteiger partial charge in [-0.3, -0.25) is 4.21 Å². The Hall–Kier alpha value is 1.86. The molecule has 0 aliphatic carbocycles. The van der Waals surface area contributed by atoms with E-state index in [1.165, 1.54) is 21.7 Å². The first-order valence-electron chi connectivity index (χ1n) is 6.93. The van der Waals surface area contributed by atoms with Crippen molar-refractivity contribution in [2.24, 2.45) is 0 Å². The summed E-state index contributed by atoms with van der Waals surface area (Å²) in [5.74, 6) is 2.52. The molecule has 142 valence electrons. The molecule has 0 bridgehead atoms. The second kappa shape index (κ2) is 38.4. The van der Waals surface area contributed by atoms with Crippen molar-refractivity contribution >= 4 is 68.7 Å². The summed E-state index contributed by atoms with van der Waals surface area (Å²) < 4.78 is 10.1. The predicted molar refractivity (Wildman–Crippen MR) is 127 cm³/mol. The third kappa shape index (κ3) is 67.6. The zero-order valence-corrected chi connectivity index (χ0v) is 20.8. The summed E-state index contributed by atoms with van der Waals surface area (Å²) in [6.45, 7) is 8.39. The van der Waals surface area contributed by atoms with Crippen molar-refractivity contribution < 1.29 is 11.1 Å². The molecule has 0 aromatic heterocycles. The molecule has 0 aromatic rings. The van der Waals surface area contributed by atoms with E-state index in [1.807, 2.05) is 55.4 Å². The zero-order valence-electron chi connectivity index (χ0n) is 16.9. The molecule has 0 aromatic carbocycles. The number of hydrogen-bond donors (Lipinski definition) is 0. The Morgan fingerprint density at radius 1 is 1.00 bits per heavy atom. The van der Waals surface area contributed by atoms with Crippen molar-refractivity contribution in [3.63, 3.8) is 0 Å². The van der Waals surface area contributed by atoms with E-state index in [0.29, 0.717) is 10.9 Å². The third-order valence-corrected chi connectivity index (χ3v) is 8.46. The first kappa shape index (κ1) is 35.1. The minimum Gasteiger partial charge on any atom is -0.412 e. The van der Waals surface area contributed by atoms with Crippen LogP contribution in [0.2, 0.25) is 0 Å². The van der Waals surface area contributed by atoms with E-state index < -0.39 is 10.8 Å². The molecule has 0 saturated heterocycles. The molecule has 2 nitrogen and oxygen atoms in total. The molecular weight excluding hydrogens is 393 g/mol. The monoisotopic (exact) mass is 432 g/mol. The van der Waals surface area contributed by atoms with Gasteiger partial charge in [0.05, 0.1) is 17.6 Å². The van der Waals surface area contributed by atoms with Crippen LogP contribution in [-0.4, -0.2) is 67.7 Å². The number of thioether (sulfide) groups is 4. The van der Waals surface area contributed by atoms with Gasteiger partial charge in [-0.2, -0.15) is 35.3 Å². The molecule has 0 heterocycles. The summed E-state index contributed by atoms with van der Waals surface area (Å²) >= 11 is 7.50. The maximum absolute atomic E-state index is 10.1. The van der Waals surface area contributed by atoms with Gasteiger partial charge in [0.15, 0.2) is 5.08 Å². The fourth-order valence-electron chi connectivity index (χ4n) is 0.583. The van der Waals surface area contributed by atoms with Gasteiger partial charge in [-0.15, -0.1) is 11.8 Å². The van der Waals surface area contributed by atoms with Crippen LogP contribution in [0, 0.1) is 0 Å². The highest BCUT2D eigenvalue weighted by molar-refractivity contribution is 8.15. The van der Waals surface area contributed by atoms with Crippen LogP contribution >= 0.6 is 47.0 Å². The van der Waals surface area contributed by atoms with E-state index in [-0.39, 0.29) is 6.90 Å². The van der Waals surface area contributed by atoms with E-state index in [0.717, 1.165) is 5.08 Å². The van der Waals surface area contributed by atoms with Crippen molar-refractivity contribution in [3.05, 3.63) is 0 Å². The molecule has 0 radical (unpaired) electrons. The van der Waals surface area contributed by atoms with Crippen molar-refractivity contribution in [1.82, 2.24) is 0 Å². The Kier molecular flexibility index (Phi) is 61.2. The summed E-state index contributed by atoms with van der Waals surface area (Å²) in [6.07, 6.45) is 10.3. The van der Waals surface area contributed by atoms with E-state index in [2.05, 4.69) is 32.6 Å². The van der Waals surface area contributed by atoms with Gasteiger partial charge in [-0.25, -0.2) is 0 Å². The van der Waals surface area contributed by atoms with E-state index in [1.54, 1.807) is 18.0 Å². The summed E-state index contributed by atoms with van der Waals surface area (Å²) in [5.41, 5.74) is 0. The number of hydrogen-bond acceptors (Lipinski definition) is 5. The predicted octanol–water partition coefficient (Wildman–Crippen LogP) is 4.63. The SMILES string of the molecule is CC.CCSCSC.CCSC[S+](C)C.CSCS(C)=O.O.[H+]. The molecule has 1 atom stereocenters. The third-order valence-electron chi connectivity index (χ3n) is 1.21. The second-order valence-electron chi connectivity index (χ2n) is 3.48. The van der Waals surface area contributed by atoms with Gasteiger partial charge >= 0.3 is 1.43 Å². The van der Waals surface area contributed by atoms with E-state index in [4.69, 9.17) is 0 Å². The molecule has 22 heavy (non-hydrogen) atoms. The summed E-state index contributed by atoms with van der Waals surface area (Å²) in [4.78, 5) is 0. The van der Waals surface area contributed by atoms with Crippen LogP contribution in [-0.2, 0) is 21.7 Å². The normalized spacial score (nSPS) is 9.91. The van der Waals surface area contributed by atoms with Gasteiger partial charge in [0.25, 0.3) is 0 Å². The Bertz CT molecular complexity index is 173. The lowest BCUT2D eigenvalue weighted by atomic mass is 11.0. The molecule has 2 N–H and O–H groups in total. The van der Waals surface area contributed by atoms with Gasteiger partial charge in [-0.1, -0.05) is 27.7 Å². The topological polar surface area (TPSA) is 48.6 Å². The fraction of sp³-hybridized carbons (Fsp3) is 1.00. The highest BCUT2D eigenvalue weighted by atomic mass is 32.2. The Morgan fingerprint density at radius 2 is 1.45 bits per heavy atom. The molecule has 0 saturated carbocycles. The van der Waals surface area contributed by atoms with Crippen LogP contribution in [0.1, 0.15) is 29.1 Å². The van der Waals surface area contributed by atoms with Gasteiger partial charge in [-0.05, 0) is 34.9 Å². The van der Waals surface area contributed by atoms with Crippen LogP contribution < -0.4 is 0 Å². The average Bonchev–Trinajstić information content (AvgIpc) is 2.46. The minimum atomic E-state index is -0.603. The molecule has 0 amide bonds. The lowest BCUT2D eigenvalue weighted by Crippen LogP contribution is -1.96. The maximum Gasteiger partial charge on any atom is 1.00 e. The highest BCUT2D eigenvalue weighted by Gasteiger charge is 1.97. The van der Waals surface area contributed by atoms with Crippen LogP contribution in [0.5, 0.6) is 0 Å². The van der Waals surface area contributed by atoms with Gasteiger partial charge < -0.3 is 5.48 Å². The smallest absolute Gasteiger partial charge is 0.412 e. The standard InChI is InChI=1S/C5H13S2.C4H10S2.C3H8OS2.C2H6.H2O/c1-4-6-5-7(2)3;1-3-6-4-5-2;1-5-3-6(2)4;1-2;/h4-5H2,1-3H3;3-4H2,1-2H3;3H2,1-2H3;1-2H3;1H2/q+1;;;;/p+1. The highest BCUT2D eigenvalue weighted by Crippen LogP contribution is 2.05. The van der Waals surface area contributed by atoms with Crippen molar-refractivity contribution in [1.29, 1.82) is 0 Å². The van der Waals surface area contributed by atoms with E-state index >= 15 is 0 Å². The summed E-state index contributed by atoms with van der Waals surface area (Å²) in [7, 11) is 0.0449. The van der Waals surface area contributed by atoms with Crippen LogP contribution in [0.25, 0.3) is 0 Å². The lowest BCUT2D eigenvalue weighted by molar-refractivity contribution is 0.689. The van der Waals surface area contributed by atoms with Gasteiger partial charge in [0, 0.05) is 22.1 Å². The maximum atomic E-state index is 10.1.